The largest absolute Gasteiger partial charge is 0.507 e. The fraction of sp³-hybridized carbons (Fsp3) is 0.129. The van der Waals surface area contributed by atoms with Crippen LogP contribution >= 0.6 is 0 Å². The fourth-order valence-electron chi connectivity index (χ4n) is 4.10. The molecular weight excluding hydrogens is 516 g/mol. The minimum atomic E-state index is -0.824. The summed E-state index contributed by atoms with van der Waals surface area (Å²) < 4.78 is 27.6. The van der Waals surface area contributed by atoms with Crippen LogP contribution in [0.3, 0.4) is 0 Å². The summed E-state index contributed by atoms with van der Waals surface area (Å²) in [6.45, 7) is 0.391. The summed E-state index contributed by atoms with van der Waals surface area (Å²) in [5.74, 6) is 0.388. The third-order valence-corrected chi connectivity index (χ3v) is 6.26. The van der Waals surface area contributed by atoms with Crippen molar-refractivity contribution >= 4 is 11.0 Å². The molecule has 9 nitrogen and oxygen atoms in total. The van der Waals surface area contributed by atoms with E-state index in [0.717, 1.165) is 16.9 Å². The Morgan fingerprint density at radius 1 is 0.675 bits per heavy atom. The lowest BCUT2D eigenvalue weighted by molar-refractivity contribution is 0.289. The van der Waals surface area contributed by atoms with Crippen LogP contribution in [0.2, 0.25) is 0 Å². The van der Waals surface area contributed by atoms with Gasteiger partial charge in [0.15, 0.2) is 17.3 Å². The summed E-state index contributed by atoms with van der Waals surface area (Å²) in [6, 6.07) is 21.7. The van der Waals surface area contributed by atoms with Crippen molar-refractivity contribution in [1.29, 1.82) is 0 Å². The van der Waals surface area contributed by atoms with Crippen LogP contribution in [-0.2, 0) is 13.2 Å². The van der Waals surface area contributed by atoms with E-state index in [1.807, 2.05) is 24.3 Å². The number of benzene rings is 4. The highest BCUT2D eigenvalue weighted by atomic mass is 16.5. The summed E-state index contributed by atoms with van der Waals surface area (Å²) >= 11 is 0. The molecule has 0 bridgehead atoms. The molecule has 0 fully saturated rings. The van der Waals surface area contributed by atoms with Crippen molar-refractivity contribution in [2.24, 2.45) is 0 Å². The van der Waals surface area contributed by atoms with Crippen molar-refractivity contribution in [1.82, 2.24) is 0 Å². The smallest absolute Gasteiger partial charge is 0.238 e. The number of phenols is 2. The average Bonchev–Trinajstić information content (AvgIpc) is 2.97. The maximum absolute atomic E-state index is 12.9. The summed E-state index contributed by atoms with van der Waals surface area (Å²) in [6.07, 6.45) is 0. The second kappa shape index (κ2) is 11.2. The molecule has 0 aliphatic carbocycles. The molecule has 5 rings (SSSR count). The molecule has 1 aromatic heterocycles. The normalized spacial score (nSPS) is 10.8. The number of rotatable bonds is 9. The van der Waals surface area contributed by atoms with Crippen molar-refractivity contribution in [2.75, 3.05) is 14.2 Å². The molecule has 204 valence electrons. The lowest BCUT2D eigenvalue weighted by Crippen LogP contribution is -2.04. The zero-order valence-corrected chi connectivity index (χ0v) is 21.7. The number of fused-ring (bicyclic) bond motifs is 1. The molecular formula is C31H26O9. The van der Waals surface area contributed by atoms with Crippen molar-refractivity contribution in [2.45, 2.75) is 13.2 Å². The molecule has 0 aliphatic heterocycles. The van der Waals surface area contributed by atoms with Crippen LogP contribution in [0.1, 0.15) is 11.1 Å². The van der Waals surface area contributed by atoms with E-state index in [-0.39, 0.29) is 52.8 Å². The molecule has 0 amide bonds. The topological polar surface area (TPSA) is 128 Å². The van der Waals surface area contributed by atoms with Crippen LogP contribution in [0.25, 0.3) is 22.3 Å². The highest BCUT2D eigenvalue weighted by Gasteiger charge is 2.20. The molecule has 0 atom stereocenters. The van der Waals surface area contributed by atoms with E-state index in [1.54, 1.807) is 38.5 Å². The van der Waals surface area contributed by atoms with E-state index in [1.165, 1.54) is 30.3 Å². The first kappa shape index (κ1) is 26.3. The Kier molecular flexibility index (Phi) is 7.37. The Morgan fingerprint density at radius 2 is 1.27 bits per heavy atom. The SMILES string of the molecule is COc1ccc(COc2cc(O)c3c(=O)c(O)c(-c4ccc(OCc5ccc(OC)cc5)c(O)c4)oc3c2)cc1. The molecule has 3 N–H and O–H groups in total. The molecule has 0 unspecified atom stereocenters. The number of aromatic hydroxyl groups is 3. The van der Waals surface area contributed by atoms with Crippen LogP contribution in [0, 0.1) is 0 Å². The number of methoxy groups -OCH3 is 2. The van der Waals surface area contributed by atoms with E-state index in [2.05, 4.69) is 0 Å². The van der Waals surface area contributed by atoms with E-state index < -0.39 is 16.9 Å². The highest BCUT2D eigenvalue weighted by Crippen LogP contribution is 2.38. The van der Waals surface area contributed by atoms with Crippen molar-refractivity contribution in [3.63, 3.8) is 0 Å². The molecule has 1 heterocycles. The van der Waals surface area contributed by atoms with Gasteiger partial charge in [0.1, 0.15) is 47.2 Å². The van der Waals surface area contributed by atoms with E-state index in [9.17, 15) is 20.1 Å². The second-order valence-corrected chi connectivity index (χ2v) is 8.88. The molecule has 4 aromatic carbocycles. The summed E-state index contributed by atoms with van der Waals surface area (Å²) in [5.41, 5.74) is 1.14. The maximum atomic E-state index is 12.9. The van der Waals surface area contributed by atoms with Crippen molar-refractivity contribution < 1.29 is 38.7 Å². The van der Waals surface area contributed by atoms with Crippen LogP contribution in [0.5, 0.6) is 40.2 Å². The third-order valence-electron chi connectivity index (χ3n) is 6.26. The van der Waals surface area contributed by atoms with Crippen LogP contribution < -0.4 is 24.4 Å². The van der Waals surface area contributed by atoms with Gasteiger partial charge in [0, 0.05) is 17.7 Å². The Bertz CT molecular complexity index is 1710. The first-order chi connectivity index (χ1) is 19.4. The van der Waals surface area contributed by atoms with Gasteiger partial charge in [0.2, 0.25) is 11.2 Å². The molecule has 0 radical (unpaired) electrons. The van der Waals surface area contributed by atoms with Gasteiger partial charge in [-0.25, -0.2) is 0 Å². The summed E-state index contributed by atoms with van der Waals surface area (Å²) in [7, 11) is 3.16. The van der Waals surface area contributed by atoms with Gasteiger partial charge in [-0.1, -0.05) is 24.3 Å². The molecule has 0 spiro atoms. The van der Waals surface area contributed by atoms with Crippen LogP contribution in [0.4, 0.5) is 0 Å². The van der Waals surface area contributed by atoms with Gasteiger partial charge in [-0.05, 0) is 53.6 Å². The minimum absolute atomic E-state index is 0.00172. The lowest BCUT2D eigenvalue weighted by atomic mass is 10.1. The summed E-state index contributed by atoms with van der Waals surface area (Å²) in [5, 5.41) is 31.5. The van der Waals surface area contributed by atoms with Crippen LogP contribution in [-0.4, -0.2) is 29.5 Å². The Labute approximate surface area is 229 Å². The molecule has 9 heteroatoms. The van der Waals surface area contributed by atoms with Crippen molar-refractivity contribution in [3.8, 4) is 51.6 Å². The van der Waals surface area contributed by atoms with Crippen molar-refractivity contribution in [3.05, 3.63) is 100 Å². The fourth-order valence-corrected chi connectivity index (χ4v) is 4.10. The predicted octanol–water partition coefficient (Wildman–Crippen LogP) is 5.75. The van der Waals surface area contributed by atoms with Gasteiger partial charge in [0.25, 0.3) is 0 Å². The molecule has 40 heavy (non-hydrogen) atoms. The first-order valence-corrected chi connectivity index (χ1v) is 12.2. The quantitative estimate of drug-likeness (QED) is 0.213. The first-order valence-electron chi connectivity index (χ1n) is 12.2. The van der Waals surface area contributed by atoms with E-state index in [0.29, 0.717) is 5.75 Å². The standard InChI is InChI=1S/C31H26O9/c1-36-21-8-3-18(4-9-21)16-38-23-14-25(33)28-27(15-23)40-31(30(35)29(28)34)20-7-12-26(24(32)13-20)39-17-19-5-10-22(37-2)11-6-19/h3-15,32-33,35H,16-17H2,1-2H3. The van der Waals surface area contributed by atoms with Gasteiger partial charge in [0.05, 0.1) is 14.2 Å². The second-order valence-electron chi connectivity index (χ2n) is 8.88. The zero-order valence-electron chi connectivity index (χ0n) is 21.7. The molecule has 0 saturated carbocycles. The third kappa shape index (κ3) is 5.44. The molecule has 0 aliphatic rings. The zero-order chi connectivity index (χ0) is 28.2. The summed E-state index contributed by atoms with van der Waals surface area (Å²) in [4.78, 5) is 12.9. The number of hydrogen-bond acceptors (Lipinski definition) is 9. The monoisotopic (exact) mass is 542 g/mol. The average molecular weight is 543 g/mol. The minimum Gasteiger partial charge on any atom is -0.507 e. The van der Waals surface area contributed by atoms with Gasteiger partial charge in [-0.3, -0.25) is 4.79 Å². The van der Waals surface area contributed by atoms with Gasteiger partial charge < -0.3 is 38.7 Å². The maximum Gasteiger partial charge on any atom is 0.238 e. The highest BCUT2D eigenvalue weighted by molar-refractivity contribution is 5.88. The number of ether oxygens (including phenoxy) is 4. The van der Waals surface area contributed by atoms with Gasteiger partial charge in [-0.15, -0.1) is 0 Å². The Morgan fingerprint density at radius 3 is 1.85 bits per heavy atom. The Hall–Kier alpha value is -5.31. The van der Waals surface area contributed by atoms with Gasteiger partial charge >= 0.3 is 0 Å². The van der Waals surface area contributed by atoms with E-state index in [4.69, 9.17) is 23.4 Å². The number of hydrogen-bond donors (Lipinski definition) is 3. The van der Waals surface area contributed by atoms with E-state index >= 15 is 0 Å². The molecule has 0 saturated heterocycles. The van der Waals surface area contributed by atoms with Crippen LogP contribution in [0.15, 0.2) is 88.1 Å². The predicted molar refractivity (Wildman–Crippen MR) is 148 cm³/mol. The number of phenolic OH excluding ortho intramolecular Hbond substituents is 2. The molecule has 5 aromatic rings. The van der Waals surface area contributed by atoms with Gasteiger partial charge in [-0.2, -0.15) is 0 Å². The Balaban J connectivity index is 1.39. The lowest BCUT2D eigenvalue weighted by Gasteiger charge is -2.12.